The van der Waals surface area contributed by atoms with Crippen molar-refractivity contribution < 1.29 is 0 Å². The lowest BCUT2D eigenvalue weighted by Gasteiger charge is -2.64. The summed E-state index contributed by atoms with van der Waals surface area (Å²) in [5.41, 5.74) is 2.17. The largest absolute Gasteiger partial charge is 0.0866 e. The Kier molecular flexibility index (Phi) is 3.27. The van der Waals surface area contributed by atoms with Crippen LogP contribution in [0.15, 0.2) is 30.3 Å². The van der Waals surface area contributed by atoms with Gasteiger partial charge in [-0.05, 0) is 71.7 Å². The fourth-order valence-electron chi connectivity index (χ4n) is 5.91. The van der Waals surface area contributed by atoms with Crippen LogP contribution in [0.25, 0.3) is 0 Å². The third-order valence-electron chi connectivity index (χ3n) is 6.97. The van der Waals surface area contributed by atoms with Crippen molar-refractivity contribution in [3.8, 4) is 0 Å². The Labute approximate surface area is 131 Å². The molecule has 1 heteroatoms. The van der Waals surface area contributed by atoms with Gasteiger partial charge < -0.3 is 0 Å². The Bertz CT molecular complexity index is 496. The standard InChI is InChI=1S/C20H29P/c1-19(2,3)20-11-14-9-15(12-20)18(16(10-14)13-20)21-17-7-5-4-6-8-17/h4-8,14-16,18,21H,9-13H2,1-3H3. The molecule has 4 saturated carbocycles. The Morgan fingerprint density at radius 3 is 2.14 bits per heavy atom. The van der Waals surface area contributed by atoms with Crippen LogP contribution >= 0.6 is 8.58 Å². The van der Waals surface area contributed by atoms with Gasteiger partial charge in [-0.2, -0.15) is 0 Å². The monoisotopic (exact) mass is 300 g/mol. The summed E-state index contributed by atoms with van der Waals surface area (Å²) in [6.07, 6.45) is 7.66. The zero-order valence-electron chi connectivity index (χ0n) is 13.7. The fraction of sp³-hybridized carbons (Fsp3) is 0.700. The first-order chi connectivity index (χ1) is 9.97. The van der Waals surface area contributed by atoms with Crippen molar-refractivity contribution in [3.63, 3.8) is 0 Å². The summed E-state index contributed by atoms with van der Waals surface area (Å²) in [6, 6.07) is 11.3. The van der Waals surface area contributed by atoms with Crippen LogP contribution in [0.2, 0.25) is 0 Å². The molecule has 5 rings (SSSR count). The molecule has 0 aliphatic heterocycles. The number of benzene rings is 1. The van der Waals surface area contributed by atoms with Crippen LogP contribution < -0.4 is 5.30 Å². The summed E-state index contributed by atoms with van der Waals surface area (Å²) in [5.74, 6) is 3.10. The SMILES string of the molecule is CC(C)(C)C12CC3CC(C1)C(Pc1ccccc1)C(C3)C2. The van der Waals surface area contributed by atoms with E-state index in [1.807, 2.05) is 0 Å². The molecule has 0 heterocycles. The van der Waals surface area contributed by atoms with E-state index in [-0.39, 0.29) is 0 Å². The molecular formula is C20H29P. The highest BCUT2D eigenvalue weighted by Crippen LogP contribution is 2.68. The van der Waals surface area contributed by atoms with Gasteiger partial charge in [0.1, 0.15) is 0 Å². The molecular weight excluding hydrogens is 271 g/mol. The van der Waals surface area contributed by atoms with E-state index in [1.54, 1.807) is 18.1 Å². The van der Waals surface area contributed by atoms with Gasteiger partial charge in [-0.25, -0.2) is 0 Å². The van der Waals surface area contributed by atoms with E-state index in [4.69, 9.17) is 0 Å². The number of rotatable bonds is 2. The molecule has 0 amide bonds. The van der Waals surface area contributed by atoms with E-state index in [2.05, 4.69) is 51.1 Å². The molecule has 0 radical (unpaired) electrons. The van der Waals surface area contributed by atoms with E-state index in [0.29, 0.717) is 10.8 Å². The Morgan fingerprint density at radius 1 is 0.952 bits per heavy atom. The molecule has 0 spiro atoms. The molecule has 1 aromatic rings. The molecule has 21 heavy (non-hydrogen) atoms. The van der Waals surface area contributed by atoms with Crippen LogP contribution in [0.4, 0.5) is 0 Å². The van der Waals surface area contributed by atoms with Crippen molar-refractivity contribution in [3.05, 3.63) is 30.3 Å². The first kappa shape index (κ1) is 14.3. The van der Waals surface area contributed by atoms with Crippen LogP contribution in [-0.2, 0) is 0 Å². The van der Waals surface area contributed by atoms with Gasteiger partial charge >= 0.3 is 0 Å². The van der Waals surface area contributed by atoms with Gasteiger partial charge in [-0.15, -0.1) is 0 Å². The summed E-state index contributed by atoms with van der Waals surface area (Å²) < 4.78 is 0. The Hall–Kier alpha value is -0.350. The molecule has 4 aliphatic rings. The van der Waals surface area contributed by atoms with Crippen molar-refractivity contribution in [2.24, 2.45) is 28.6 Å². The second-order valence-corrected chi connectivity index (χ2v) is 10.6. The highest BCUT2D eigenvalue weighted by atomic mass is 31.1. The lowest BCUT2D eigenvalue weighted by atomic mass is 9.43. The van der Waals surface area contributed by atoms with Gasteiger partial charge in [0.15, 0.2) is 0 Å². The zero-order valence-corrected chi connectivity index (χ0v) is 14.7. The van der Waals surface area contributed by atoms with Crippen LogP contribution in [0.3, 0.4) is 0 Å². The van der Waals surface area contributed by atoms with Crippen molar-refractivity contribution in [1.82, 2.24) is 0 Å². The minimum atomic E-state index is 0.503. The van der Waals surface area contributed by atoms with Gasteiger partial charge in [-0.3, -0.25) is 0 Å². The topological polar surface area (TPSA) is 0 Å². The minimum Gasteiger partial charge on any atom is -0.0866 e. The molecule has 0 aromatic heterocycles. The summed E-state index contributed by atoms with van der Waals surface area (Å²) >= 11 is 0. The van der Waals surface area contributed by atoms with E-state index in [1.165, 1.54) is 19.3 Å². The van der Waals surface area contributed by atoms with Crippen LogP contribution in [0.5, 0.6) is 0 Å². The second kappa shape index (κ2) is 4.82. The lowest BCUT2D eigenvalue weighted by molar-refractivity contribution is -0.109. The lowest BCUT2D eigenvalue weighted by Crippen LogP contribution is -2.56. The summed E-state index contributed by atoms with van der Waals surface area (Å²) in [4.78, 5) is 0. The summed E-state index contributed by atoms with van der Waals surface area (Å²) in [5, 5.41) is 1.60. The van der Waals surface area contributed by atoms with Crippen molar-refractivity contribution in [1.29, 1.82) is 0 Å². The summed E-state index contributed by atoms with van der Waals surface area (Å²) in [6.45, 7) is 7.53. The Morgan fingerprint density at radius 2 is 1.57 bits per heavy atom. The molecule has 0 saturated heterocycles. The average molecular weight is 300 g/mol. The van der Waals surface area contributed by atoms with Gasteiger partial charge in [0.05, 0.1) is 0 Å². The molecule has 0 nitrogen and oxygen atoms in total. The van der Waals surface area contributed by atoms with Crippen LogP contribution in [0.1, 0.15) is 52.9 Å². The molecule has 114 valence electrons. The molecule has 3 unspecified atom stereocenters. The number of hydrogen-bond acceptors (Lipinski definition) is 0. The number of hydrogen-bond donors (Lipinski definition) is 0. The molecule has 3 atom stereocenters. The maximum atomic E-state index is 2.51. The first-order valence-electron chi connectivity index (χ1n) is 8.78. The van der Waals surface area contributed by atoms with Crippen molar-refractivity contribution >= 4 is 13.9 Å². The maximum Gasteiger partial charge on any atom is -0.0139 e. The molecule has 4 bridgehead atoms. The van der Waals surface area contributed by atoms with Gasteiger partial charge in [0, 0.05) is 0 Å². The highest BCUT2D eigenvalue weighted by molar-refractivity contribution is 7.48. The normalized spacial score (nSPS) is 42.0. The van der Waals surface area contributed by atoms with Crippen LogP contribution in [0, 0.1) is 28.6 Å². The summed E-state index contributed by atoms with van der Waals surface area (Å²) in [7, 11) is 1.05. The highest BCUT2D eigenvalue weighted by Gasteiger charge is 2.58. The average Bonchev–Trinajstić information content (AvgIpc) is 2.42. The van der Waals surface area contributed by atoms with E-state index in [9.17, 15) is 0 Å². The first-order valence-corrected chi connectivity index (χ1v) is 9.86. The van der Waals surface area contributed by atoms with E-state index >= 15 is 0 Å². The molecule has 0 N–H and O–H groups in total. The van der Waals surface area contributed by atoms with Crippen molar-refractivity contribution in [2.75, 3.05) is 0 Å². The molecule has 4 aliphatic carbocycles. The van der Waals surface area contributed by atoms with Gasteiger partial charge in [0.25, 0.3) is 0 Å². The second-order valence-electron chi connectivity index (χ2n) is 9.04. The molecule has 4 fully saturated rings. The minimum absolute atomic E-state index is 0.503. The van der Waals surface area contributed by atoms with E-state index < -0.39 is 0 Å². The van der Waals surface area contributed by atoms with Crippen LogP contribution in [-0.4, -0.2) is 5.66 Å². The third kappa shape index (κ3) is 2.29. The fourth-order valence-corrected chi connectivity index (χ4v) is 7.65. The quantitative estimate of drug-likeness (QED) is 0.656. The van der Waals surface area contributed by atoms with E-state index in [0.717, 1.165) is 32.0 Å². The smallest absolute Gasteiger partial charge is 0.0139 e. The van der Waals surface area contributed by atoms with Gasteiger partial charge in [-0.1, -0.05) is 59.7 Å². The predicted molar refractivity (Wildman–Crippen MR) is 93.6 cm³/mol. The van der Waals surface area contributed by atoms with Gasteiger partial charge in [0.2, 0.25) is 0 Å². The Balaban J connectivity index is 1.59. The third-order valence-corrected chi connectivity index (χ3v) is 8.91. The maximum absolute atomic E-state index is 2.51. The zero-order chi connectivity index (χ0) is 14.7. The molecule has 1 aromatic carbocycles. The van der Waals surface area contributed by atoms with Crippen molar-refractivity contribution in [2.45, 2.75) is 58.5 Å². The predicted octanol–water partition coefficient (Wildman–Crippen LogP) is 5.23.